The first-order valence-corrected chi connectivity index (χ1v) is 8.22. The molecule has 1 aliphatic rings. The summed E-state index contributed by atoms with van der Waals surface area (Å²) in [6.07, 6.45) is 0.816. The molecule has 2 atom stereocenters. The average molecular weight is 322 g/mol. The number of carbonyl (C=O) groups is 1. The number of likely N-dealkylation sites (tertiary alicyclic amines) is 1. The van der Waals surface area contributed by atoms with Gasteiger partial charge in [0.25, 0.3) is 0 Å². The number of β-amino-alcohol motifs (C(OH)–C–C–N with tert-alkyl or cyclic N) is 1. The highest BCUT2D eigenvalue weighted by Crippen LogP contribution is 2.32. The van der Waals surface area contributed by atoms with E-state index in [4.69, 9.17) is 0 Å². The summed E-state index contributed by atoms with van der Waals surface area (Å²) in [6, 6.07) is 6.46. The number of carbonyl (C=O) groups excluding carboxylic acids is 1. The molecule has 4 nitrogen and oxygen atoms in total. The van der Waals surface area contributed by atoms with Crippen molar-refractivity contribution in [3.8, 4) is 0 Å². The zero-order valence-electron chi connectivity index (χ0n) is 14.2. The van der Waals surface area contributed by atoms with E-state index in [0.29, 0.717) is 19.5 Å². The molecular formula is C18H27FN2O2. The number of benzene rings is 1. The topological polar surface area (TPSA) is 52.6 Å². The molecular weight excluding hydrogens is 295 g/mol. The molecule has 0 radical (unpaired) electrons. The van der Waals surface area contributed by atoms with Gasteiger partial charge in [-0.1, -0.05) is 32.9 Å². The molecule has 1 aromatic carbocycles. The lowest BCUT2D eigenvalue weighted by Gasteiger charge is -2.33. The fourth-order valence-corrected chi connectivity index (χ4v) is 3.08. The number of aliphatic hydroxyl groups is 1. The number of halogens is 1. The number of hydrogen-bond donors (Lipinski definition) is 2. The van der Waals surface area contributed by atoms with E-state index in [1.807, 2.05) is 6.07 Å². The largest absolute Gasteiger partial charge is 0.390 e. The second-order valence-corrected chi connectivity index (χ2v) is 7.36. The number of nitrogens with zero attached hydrogens (tertiary/aromatic N) is 1. The van der Waals surface area contributed by atoms with E-state index in [0.717, 1.165) is 18.5 Å². The molecule has 1 heterocycles. The molecule has 5 heteroatoms. The van der Waals surface area contributed by atoms with Gasteiger partial charge in [-0.15, -0.1) is 0 Å². The summed E-state index contributed by atoms with van der Waals surface area (Å²) in [6.45, 7) is 7.67. The Bertz CT molecular complexity index is 542. The average Bonchev–Trinajstić information content (AvgIpc) is 2.83. The van der Waals surface area contributed by atoms with E-state index in [2.05, 4.69) is 26.1 Å². The molecule has 0 aromatic heterocycles. The van der Waals surface area contributed by atoms with Crippen molar-refractivity contribution in [2.24, 2.45) is 5.41 Å². The van der Waals surface area contributed by atoms with Crippen LogP contribution in [0.5, 0.6) is 0 Å². The highest BCUT2D eigenvalue weighted by Gasteiger charge is 2.28. The summed E-state index contributed by atoms with van der Waals surface area (Å²) in [4.78, 5) is 13.3. The zero-order chi connectivity index (χ0) is 17.0. The molecule has 2 rings (SSSR count). The maximum Gasteiger partial charge on any atom is 0.222 e. The smallest absolute Gasteiger partial charge is 0.222 e. The van der Waals surface area contributed by atoms with E-state index < -0.39 is 6.10 Å². The van der Waals surface area contributed by atoms with Crippen molar-refractivity contribution in [3.05, 3.63) is 35.6 Å². The Labute approximate surface area is 137 Å². The lowest BCUT2D eigenvalue weighted by Crippen LogP contribution is -2.42. The van der Waals surface area contributed by atoms with Crippen LogP contribution in [0.3, 0.4) is 0 Å². The van der Waals surface area contributed by atoms with E-state index in [1.165, 1.54) is 12.1 Å². The van der Waals surface area contributed by atoms with Crippen LogP contribution in [0.2, 0.25) is 0 Å². The molecule has 128 valence electrons. The van der Waals surface area contributed by atoms with Crippen LogP contribution in [0.1, 0.15) is 45.2 Å². The van der Waals surface area contributed by atoms with Crippen molar-refractivity contribution in [2.75, 3.05) is 19.6 Å². The molecule has 0 spiro atoms. The second-order valence-electron chi connectivity index (χ2n) is 7.36. The molecule has 1 aromatic rings. The van der Waals surface area contributed by atoms with Gasteiger partial charge in [0.1, 0.15) is 5.82 Å². The molecule has 1 saturated heterocycles. The van der Waals surface area contributed by atoms with Crippen molar-refractivity contribution in [1.82, 2.24) is 10.2 Å². The Morgan fingerprint density at radius 2 is 2.13 bits per heavy atom. The molecule has 23 heavy (non-hydrogen) atoms. The van der Waals surface area contributed by atoms with Crippen molar-refractivity contribution in [3.63, 3.8) is 0 Å². The quantitative estimate of drug-likeness (QED) is 0.846. The summed E-state index contributed by atoms with van der Waals surface area (Å²) in [7, 11) is 0. The van der Waals surface area contributed by atoms with Crippen molar-refractivity contribution in [1.29, 1.82) is 0 Å². The minimum Gasteiger partial charge on any atom is -0.390 e. The number of amides is 1. The van der Waals surface area contributed by atoms with Crippen LogP contribution < -0.4 is 5.32 Å². The van der Waals surface area contributed by atoms with E-state index >= 15 is 0 Å². The van der Waals surface area contributed by atoms with Gasteiger partial charge in [-0.2, -0.15) is 0 Å². The second kappa shape index (κ2) is 7.41. The minimum absolute atomic E-state index is 0.0814. The first kappa shape index (κ1) is 17.9. The third-order valence-corrected chi connectivity index (χ3v) is 4.21. The SMILES string of the molecule is CC(C)(C)C(NCC(O)CN1CCCC1=O)c1cccc(F)c1. The molecule has 0 saturated carbocycles. The monoisotopic (exact) mass is 322 g/mol. The van der Waals surface area contributed by atoms with Gasteiger partial charge < -0.3 is 15.3 Å². The molecule has 0 aliphatic carbocycles. The predicted molar refractivity (Wildman–Crippen MR) is 88.4 cm³/mol. The summed E-state index contributed by atoms with van der Waals surface area (Å²) in [5, 5.41) is 13.6. The van der Waals surface area contributed by atoms with Gasteiger partial charge in [0.15, 0.2) is 0 Å². The van der Waals surface area contributed by atoms with Gasteiger partial charge in [0.2, 0.25) is 5.91 Å². The summed E-state index contributed by atoms with van der Waals surface area (Å²) in [5.74, 6) is -0.150. The number of aliphatic hydroxyl groups excluding tert-OH is 1. The van der Waals surface area contributed by atoms with Crippen LogP contribution in [0.15, 0.2) is 24.3 Å². The molecule has 1 aliphatic heterocycles. The Balaban J connectivity index is 1.97. The third-order valence-electron chi connectivity index (χ3n) is 4.21. The molecule has 2 unspecified atom stereocenters. The normalized spacial score (nSPS) is 18.3. The molecule has 1 amide bonds. The number of rotatable bonds is 6. The van der Waals surface area contributed by atoms with Crippen LogP contribution in [-0.4, -0.2) is 41.7 Å². The van der Waals surface area contributed by atoms with Crippen LogP contribution in [0.4, 0.5) is 4.39 Å². The molecule has 1 fully saturated rings. The van der Waals surface area contributed by atoms with E-state index in [1.54, 1.807) is 11.0 Å². The van der Waals surface area contributed by atoms with Crippen LogP contribution in [0, 0.1) is 11.2 Å². The summed E-state index contributed by atoms with van der Waals surface area (Å²) < 4.78 is 13.5. The third kappa shape index (κ3) is 5.01. The van der Waals surface area contributed by atoms with Crippen LogP contribution in [-0.2, 0) is 4.79 Å². The fraction of sp³-hybridized carbons (Fsp3) is 0.611. The first-order valence-electron chi connectivity index (χ1n) is 8.22. The van der Waals surface area contributed by atoms with Gasteiger partial charge in [-0.25, -0.2) is 4.39 Å². The van der Waals surface area contributed by atoms with E-state index in [9.17, 15) is 14.3 Å². The van der Waals surface area contributed by atoms with Crippen molar-refractivity contribution < 1.29 is 14.3 Å². The Morgan fingerprint density at radius 3 is 2.70 bits per heavy atom. The zero-order valence-corrected chi connectivity index (χ0v) is 14.2. The van der Waals surface area contributed by atoms with Crippen molar-refractivity contribution in [2.45, 2.75) is 45.8 Å². The molecule has 2 N–H and O–H groups in total. The highest BCUT2D eigenvalue weighted by atomic mass is 19.1. The fourth-order valence-electron chi connectivity index (χ4n) is 3.08. The van der Waals surface area contributed by atoms with Crippen LogP contribution >= 0.6 is 0 Å². The lowest BCUT2D eigenvalue weighted by atomic mass is 9.82. The van der Waals surface area contributed by atoms with Gasteiger partial charge in [-0.05, 0) is 29.5 Å². The van der Waals surface area contributed by atoms with Gasteiger partial charge >= 0.3 is 0 Å². The number of hydrogen-bond acceptors (Lipinski definition) is 3. The maximum absolute atomic E-state index is 13.5. The van der Waals surface area contributed by atoms with Gasteiger partial charge in [0.05, 0.1) is 6.10 Å². The number of nitrogens with one attached hydrogen (secondary N) is 1. The van der Waals surface area contributed by atoms with E-state index in [-0.39, 0.29) is 23.2 Å². The lowest BCUT2D eigenvalue weighted by molar-refractivity contribution is -0.128. The minimum atomic E-state index is -0.629. The predicted octanol–water partition coefficient (Wildman–Crippen LogP) is 2.49. The Hall–Kier alpha value is -1.46. The summed E-state index contributed by atoms with van der Waals surface area (Å²) in [5.41, 5.74) is 0.735. The Kier molecular flexibility index (Phi) is 5.76. The standard InChI is InChI=1S/C18H27FN2O2/c1-18(2,3)17(13-6-4-7-14(19)10-13)20-11-15(22)12-21-9-5-8-16(21)23/h4,6-7,10,15,17,20,22H,5,8-9,11-12H2,1-3H3. The highest BCUT2D eigenvalue weighted by molar-refractivity contribution is 5.78. The summed E-state index contributed by atoms with van der Waals surface area (Å²) >= 11 is 0. The van der Waals surface area contributed by atoms with Crippen LogP contribution in [0.25, 0.3) is 0 Å². The Morgan fingerprint density at radius 1 is 1.39 bits per heavy atom. The van der Waals surface area contributed by atoms with Gasteiger partial charge in [0, 0.05) is 32.1 Å². The van der Waals surface area contributed by atoms with Gasteiger partial charge in [-0.3, -0.25) is 4.79 Å². The van der Waals surface area contributed by atoms with Crippen molar-refractivity contribution >= 4 is 5.91 Å². The first-order chi connectivity index (χ1) is 10.8. The maximum atomic E-state index is 13.5. The molecule has 0 bridgehead atoms.